The van der Waals surface area contributed by atoms with Gasteiger partial charge in [-0.25, -0.2) is 0 Å². The van der Waals surface area contributed by atoms with E-state index < -0.39 is 0 Å². The number of amides is 1. The molecule has 22 heavy (non-hydrogen) atoms. The van der Waals surface area contributed by atoms with Crippen molar-refractivity contribution in [3.8, 4) is 11.5 Å². The van der Waals surface area contributed by atoms with Gasteiger partial charge in [0.2, 0.25) is 5.91 Å². The second-order valence-corrected chi connectivity index (χ2v) is 5.78. The molecule has 1 aliphatic rings. The van der Waals surface area contributed by atoms with Gasteiger partial charge in [0.15, 0.2) is 0 Å². The number of hydrogen-bond donors (Lipinski definition) is 2. The van der Waals surface area contributed by atoms with Crippen LogP contribution in [0.5, 0.6) is 11.5 Å². The number of methoxy groups -OCH3 is 2. The van der Waals surface area contributed by atoms with Crippen molar-refractivity contribution in [1.82, 2.24) is 5.32 Å². The first-order valence-electron chi connectivity index (χ1n) is 7.93. The minimum Gasteiger partial charge on any atom is -0.497 e. The Bertz CT molecular complexity index is 499. The first kappa shape index (κ1) is 16.5. The molecular formula is C17H26N2O3. The van der Waals surface area contributed by atoms with Gasteiger partial charge in [-0.3, -0.25) is 4.79 Å². The molecule has 1 aromatic rings. The molecule has 1 aliphatic carbocycles. The van der Waals surface area contributed by atoms with Crippen LogP contribution in [0.15, 0.2) is 18.2 Å². The summed E-state index contributed by atoms with van der Waals surface area (Å²) in [5.74, 6) is 1.42. The lowest BCUT2D eigenvalue weighted by molar-refractivity contribution is -0.122. The summed E-state index contributed by atoms with van der Waals surface area (Å²) < 4.78 is 10.5. The van der Waals surface area contributed by atoms with Crippen LogP contribution in [0.2, 0.25) is 0 Å². The number of rotatable bonds is 6. The van der Waals surface area contributed by atoms with E-state index in [1.165, 1.54) is 19.3 Å². The van der Waals surface area contributed by atoms with Crippen molar-refractivity contribution < 1.29 is 14.3 Å². The molecule has 0 unspecified atom stereocenters. The van der Waals surface area contributed by atoms with Crippen LogP contribution in [0.25, 0.3) is 0 Å². The summed E-state index contributed by atoms with van der Waals surface area (Å²) in [7, 11) is 3.22. The topological polar surface area (TPSA) is 59.6 Å². The number of nitrogens with one attached hydrogen (secondary N) is 2. The second-order valence-electron chi connectivity index (χ2n) is 5.78. The number of ether oxygens (including phenoxy) is 2. The van der Waals surface area contributed by atoms with Gasteiger partial charge in [0.05, 0.1) is 19.9 Å². The number of carbonyl (C=O) groups is 1. The van der Waals surface area contributed by atoms with Crippen LogP contribution in [0, 0.1) is 0 Å². The molecule has 1 atom stereocenters. The normalized spacial score (nSPS) is 16.7. The molecule has 5 nitrogen and oxygen atoms in total. The van der Waals surface area contributed by atoms with E-state index in [4.69, 9.17) is 9.47 Å². The fourth-order valence-corrected chi connectivity index (χ4v) is 2.79. The zero-order valence-electron chi connectivity index (χ0n) is 13.6. The molecule has 0 aliphatic heterocycles. The third-order valence-corrected chi connectivity index (χ3v) is 4.13. The van der Waals surface area contributed by atoms with Crippen LogP contribution >= 0.6 is 0 Å². The summed E-state index contributed by atoms with van der Waals surface area (Å²) in [6.07, 6.45) is 5.87. The zero-order chi connectivity index (χ0) is 15.9. The van der Waals surface area contributed by atoms with Gasteiger partial charge in [-0.05, 0) is 31.9 Å². The van der Waals surface area contributed by atoms with Crippen molar-refractivity contribution in [1.29, 1.82) is 0 Å². The van der Waals surface area contributed by atoms with E-state index in [1.54, 1.807) is 20.3 Å². The van der Waals surface area contributed by atoms with E-state index in [0.717, 1.165) is 24.3 Å². The molecular weight excluding hydrogens is 280 g/mol. The van der Waals surface area contributed by atoms with Crippen molar-refractivity contribution in [2.24, 2.45) is 0 Å². The monoisotopic (exact) mass is 306 g/mol. The Morgan fingerprint density at radius 3 is 2.55 bits per heavy atom. The molecule has 1 saturated carbocycles. The Morgan fingerprint density at radius 1 is 1.18 bits per heavy atom. The fraction of sp³-hybridized carbons (Fsp3) is 0.588. The van der Waals surface area contributed by atoms with Crippen LogP contribution in [0.1, 0.15) is 39.0 Å². The predicted octanol–water partition coefficient (Wildman–Crippen LogP) is 2.95. The Labute approximate surface area is 132 Å². The molecule has 5 heteroatoms. The third kappa shape index (κ3) is 4.29. The molecule has 0 radical (unpaired) electrons. The van der Waals surface area contributed by atoms with E-state index in [1.807, 2.05) is 19.1 Å². The molecule has 2 rings (SSSR count). The van der Waals surface area contributed by atoms with Crippen molar-refractivity contribution in [2.75, 3.05) is 19.5 Å². The van der Waals surface area contributed by atoms with E-state index in [0.29, 0.717) is 11.8 Å². The zero-order valence-corrected chi connectivity index (χ0v) is 13.6. The van der Waals surface area contributed by atoms with E-state index in [-0.39, 0.29) is 11.9 Å². The molecule has 0 spiro atoms. The van der Waals surface area contributed by atoms with Crippen molar-refractivity contribution >= 4 is 11.6 Å². The van der Waals surface area contributed by atoms with Crippen molar-refractivity contribution in [3.63, 3.8) is 0 Å². The summed E-state index contributed by atoms with van der Waals surface area (Å²) >= 11 is 0. The predicted molar refractivity (Wildman–Crippen MR) is 87.6 cm³/mol. The molecule has 2 N–H and O–H groups in total. The highest BCUT2D eigenvalue weighted by Crippen LogP contribution is 2.29. The van der Waals surface area contributed by atoms with Crippen molar-refractivity contribution in [3.05, 3.63) is 18.2 Å². The maximum Gasteiger partial charge on any atom is 0.242 e. The van der Waals surface area contributed by atoms with Crippen LogP contribution in [0.3, 0.4) is 0 Å². The van der Waals surface area contributed by atoms with E-state index in [2.05, 4.69) is 10.6 Å². The maximum atomic E-state index is 12.3. The largest absolute Gasteiger partial charge is 0.497 e. The van der Waals surface area contributed by atoms with Crippen LogP contribution < -0.4 is 20.1 Å². The summed E-state index contributed by atoms with van der Waals surface area (Å²) in [5.41, 5.74) is 0.787. The average Bonchev–Trinajstić information content (AvgIpc) is 2.56. The minimum atomic E-state index is -0.316. The number of carbonyl (C=O) groups excluding carboxylic acids is 1. The first-order chi connectivity index (χ1) is 10.6. The smallest absolute Gasteiger partial charge is 0.242 e. The van der Waals surface area contributed by atoms with Crippen molar-refractivity contribution in [2.45, 2.75) is 51.1 Å². The van der Waals surface area contributed by atoms with E-state index in [9.17, 15) is 4.79 Å². The highest BCUT2D eigenvalue weighted by Gasteiger charge is 2.20. The highest BCUT2D eigenvalue weighted by molar-refractivity contribution is 5.85. The van der Waals surface area contributed by atoms with Gasteiger partial charge < -0.3 is 20.1 Å². The van der Waals surface area contributed by atoms with Gasteiger partial charge >= 0.3 is 0 Å². The average molecular weight is 306 g/mol. The first-order valence-corrected chi connectivity index (χ1v) is 7.93. The maximum absolute atomic E-state index is 12.3. The Morgan fingerprint density at radius 2 is 1.91 bits per heavy atom. The summed E-state index contributed by atoms with van der Waals surface area (Å²) in [4.78, 5) is 12.3. The third-order valence-electron chi connectivity index (χ3n) is 4.13. The molecule has 0 bridgehead atoms. The lowest BCUT2D eigenvalue weighted by atomic mass is 9.95. The lowest BCUT2D eigenvalue weighted by Gasteiger charge is -2.25. The standard InChI is InChI=1S/C17H26N2O3/c1-12(17(20)19-13-7-5-4-6-8-13)18-15-10-9-14(21-2)11-16(15)22-3/h9-13,18H,4-8H2,1-3H3,(H,19,20)/t12-/m0/s1. The summed E-state index contributed by atoms with van der Waals surface area (Å²) in [5, 5.41) is 6.34. The number of benzene rings is 1. The van der Waals surface area contributed by atoms with Crippen LogP contribution in [-0.4, -0.2) is 32.2 Å². The Hall–Kier alpha value is -1.91. The Kier molecular flexibility index (Phi) is 5.92. The lowest BCUT2D eigenvalue weighted by Crippen LogP contribution is -2.44. The molecule has 1 amide bonds. The molecule has 1 fully saturated rings. The fourth-order valence-electron chi connectivity index (χ4n) is 2.79. The molecule has 0 saturated heterocycles. The quantitative estimate of drug-likeness (QED) is 0.848. The van der Waals surface area contributed by atoms with Gasteiger partial charge in [0, 0.05) is 12.1 Å². The second kappa shape index (κ2) is 7.92. The molecule has 0 heterocycles. The highest BCUT2D eigenvalue weighted by atomic mass is 16.5. The van der Waals surface area contributed by atoms with Crippen LogP contribution in [-0.2, 0) is 4.79 Å². The van der Waals surface area contributed by atoms with Gasteiger partial charge in [-0.15, -0.1) is 0 Å². The summed E-state index contributed by atoms with van der Waals surface area (Å²) in [6, 6.07) is 5.51. The Balaban J connectivity index is 1.95. The van der Waals surface area contributed by atoms with Gasteiger partial charge in [0.1, 0.15) is 17.5 Å². The van der Waals surface area contributed by atoms with Gasteiger partial charge in [0.25, 0.3) is 0 Å². The minimum absolute atomic E-state index is 0.0322. The number of hydrogen-bond acceptors (Lipinski definition) is 4. The van der Waals surface area contributed by atoms with Crippen LogP contribution in [0.4, 0.5) is 5.69 Å². The number of anilines is 1. The van der Waals surface area contributed by atoms with E-state index >= 15 is 0 Å². The van der Waals surface area contributed by atoms with Gasteiger partial charge in [-0.2, -0.15) is 0 Å². The SMILES string of the molecule is COc1ccc(N[C@@H](C)C(=O)NC2CCCCC2)c(OC)c1. The summed E-state index contributed by atoms with van der Waals surface area (Å²) in [6.45, 7) is 1.86. The molecule has 122 valence electrons. The molecule has 0 aromatic heterocycles. The van der Waals surface area contributed by atoms with Gasteiger partial charge in [-0.1, -0.05) is 19.3 Å². The molecule has 1 aromatic carbocycles.